The van der Waals surface area contributed by atoms with Crippen LogP contribution in [0.1, 0.15) is 37.8 Å². The van der Waals surface area contributed by atoms with Gasteiger partial charge in [0.1, 0.15) is 17.5 Å². The van der Waals surface area contributed by atoms with Crippen molar-refractivity contribution in [2.24, 2.45) is 5.10 Å². The highest BCUT2D eigenvalue weighted by atomic mass is 79.9. The molecule has 3 aromatic carbocycles. The number of hydrazone groups is 1. The lowest BCUT2D eigenvalue weighted by Gasteiger charge is -2.21. The van der Waals surface area contributed by atoms with Gasteiger partial charge in [-0.2, -0.15) is 5.10 Å². The average Bonchev–Trinajstić information content (AvgIpc) is 2.91. The molecule has 2 N–H and O–H groups in total. The molecule has 0 aliphatic carbocycles. The Kier molecular flexibility index (Phi) is 12.1. The molecule has 0 spiro atoms. The minimum atomic E-state index is -0.923. The lowest BCUT2D eigenvalue weighted by Crippen LogP contribution is -2.50. The molecule has 10 heteroatoms. The highest BCUT2D eigenvalue weighted by Gasteiger charge is 2.25. The van der Waals surface area contributed by atoms with Gasteiger partial charge in [0.2, 0.25) is 0 Å². The smallest absolute Gasteiger partial charge is 0.262 e. The standard InChI is InChI=1S/C29H30BrCl2N3O4/c1-3-4-14-38-26-12-10-21(15-23(26)30)18-33-35-29(37)25(16-20-8-6-5-7-9-20)34-28(36)19(2)39-27-13-11-22(31)17-24(27)32/h5-13,15,17-19,25H,3-4,14,16H2,1-2H3,(H,34,36)(H,35,37)/b33-18-/t19-,25-/m0/s1. The van der Waals surface area contributed by atoms with Gasteiger partial charge in [-0.05, 0) is 76.8 Å². The Morgan fingerprint density at radius 2 is 1.77 bits per heavy atom. The van der Waals surface area contributed by atoms with Gasteiger partial charge in [0.05, 0.1) is 22.3 Å². The third-order valence-electron chi connectivity index (χ3n) is 5.58. The number of rotatable bonds is 13. The first-order valence-corrected chi connectivity index (χ1v) is 14.0. The molecule has 2 amide bonds. The first kappa shape index (κ1) is 30.5. The van der Waals surface area contributed by atoms with Crippen molar-refractivity contribution in [3.63, 3.8) is 0 Å². The van der Waals surface area contributed by atoms with Crippen LogP contribution in [-0.4, -0.2) is 36.8 Å². The Morgan fingerprint density at radius 1 is 1.03 bits per heavy atom. The van der Waals surface area contributed by atoms with Crippen molar-refractivity contribution in [2.45, 2.75) is 45.3 Å². The molecule has 39 heavy (non-hydrogen) atoms. The van der Waals surface area contributed by atoms with E-state index >= 15 is 0 Å². The Bertz CT molecular complexity index is 1290. The van der Waals surface area contributed by atoms with Crippen LogP contribution < -0.4 is 20.2 Å². The number of ether oxygens (including phenoxy) is 2. The van der Waals surface area contributed by atoms with Crippen LogP contribution >= 0.6 is 39.1 Å². The van der Waals surface area contributed by atoms with Gasteiger partial charge in [-0.1, -0.05) is 66.9 Å². The molecule has 0 saturated carbocycles. The highest BCUT2D eigenvalue weighted by Crippen LogP contribution is 2.28. The second kappa shape index (κ2) is 15.5. The number of nitrogens with zero attached hydrogens (tertiary/aromatic N) is 1. The van der Waals surface area contributed by atoms with E-state index in [1.165, 1.54) is 12.3 Å². The van der Waals surface area contributed by atoms with Crippen LogP contribution in [0.5, 0.6) is 11.5 Å². The van der Waals surface area contributed by atoms with Crippen LogP contribution in [0.2, 0.25) is 10.0 Å². The number of hydrogen-bond acceptors (Lipinski definition) is 5. The van der Waals surface area contributed by atoms with Crippen molar-refractivity contribution in [1.29, 1.82) is 0 Å². The normalized spacial score (nSPS) is 12.5. The largest absolute Gasteiger partial charge is 0.492 e. The summed E-state index contributed by atoms with van der Waals surface area (Å²) < 4.78 is 12.2. The van der Waals surface area contributed by atoms with E-state index in [0.29, 0.717) is 17.4 Å². The summed E-state index contributed by atoms with van der Waals surface area (Å²) >= 11 is 15.6. The third kappa shape index (κ3) is 9.88. The van der Waals surface area contributed by atoms with Gasteiger partial charge in [-0.15, -0.1) is 0 Å². The summed E-state index contributed by atoms with van der Waals surface area (Å²) in [5, 5.41) is 7.59. The van der Waals surface area contributed by atoms with Crippen LogP contribution in [0.25, 0.3) is 0 Å². The van der Waals surface area contributed by atoms with E-state index in [1.54, 1.807) is 19.1 Å². The third-order valence-corrected chi connectivity index (χ3v) is 6.73. The predicted octanol–water partition coefficient (Wildman–Crippen LogP) is 6.58. The monoisotopic (exact) mass is 633 g/mol. The van der Waals surface area contributed by atoms with E-state index in [4.69, 9.17) is 32.7 Å². The number of amides is 2. The molecule has 2 atom stereocenters. The van der Waals surface area contributed by atoms with Crippen LogP contribution in [0.4, 0.5) is 0 Å². The minimum Gasteiger partial charge on any atom is -0.492 e. The van der Waals surface area contributed by atoms with Crippen molar-refractivity contribution in [3.8, 4) is 11.5 Å². The molecule has 0 aliphatic rings. The maximum Gasteiger partial charge on any atom is 0.262 e. The number of unbranched alkanes of at least 4 members (excludes halogenated alkanes) is 1. The Hall–Kier alpha value is -3.07. The number of carbonyl (C=O) groups is 2. The second-order valence-corrected chi connectivity index (χ2v) is 10.4. The zero-order chi connectivity index (χ0) is 28.2. The van der Waals surface area contributed by atoms with Gasteiger partial charge in [-0.3, -0.25) is 9.59 Å². The van der Waals surface area contributed by atoms with Gasteiger partial charge in [0, 0.05) is 11.4 Å². The van der Waals surface area contributed by atoms with Crippen molar-refractivity contribution in [1.82, 2.24) is 10.7 Å². The fourth-order valence-electron chi connectivity index (χ4n) is 3.45. The summed E-state index contributed by atoms with van der Waals surface area (Å²) in [5.74, 6) is 0.0965. The maximum absolute atomic E-state index is 13.1. The van der Waals surface area contributed by atoms with E-state index in [9.17, 15) is 9.59 Å². The van der Waals surface area contributed by atoms with Crippen LogP contribution in [0, 0.1) is 0 Å². The van der Waals surface area contributed by atoms with Crippen molar-refractivity contribution < 1.29 is 19.1 Å². The number of halogens is 3. The Labute approximate surface area is 247 Å². The first-order valence-electron chi connectivity index (χ1n) is 12.5. The molecule has 0 bridgehead atoms. The van der Waals surface area contributed by atoms with Gasteiger partial charge < -0.3 is 14.8 Å². The Morgan fingerprint density at radius 3 is 2.46 bits per heavy atom. The van der Waals surface area contributed by atoms with Crippen LogP contribution in [-0.2, 0) is 16.0 Å². The second-order valence-electron chi connectivity index (χ2n) is 8.71. The summed E-state index contributed by atoms with van der Waals surface area (Å²) in [7, 11) is 0. The quantitative estimate of drug-likeness (QED) is 0.126. The summed E-state index contributed by atoms with van der Waals surface area (Å²) in [4.78, 5) is 26.0. The molecular weight excluding hydrogens is 605 g/mol. The molecule has 0 saturated heterocycles. The van der Waals surface area contributed by atoms with E-state index in [0.717, 1.165) is 34.2 Å². The van der Waals surface area contributed by atoms with Gasteiger partial charge in [0.15, 0.2) is 6.10 Å². The zero-order valence-electron chi connectivity index (χ0n) is 21.6. The summed E-state index contributed by atoms with van der Waals surface area (Å²) in [6.07, 6.45) is 2.89. The summed E-state index contributed by atoms with van der Waals surface area (Å²) in [6, 6.07) is 18.7. The highest BCUT2D eigenvalue weighted by molar-refractivity contribution is 9.10. The molecule has 206 valence electrons. The predicted molar refractivity (Wildman–Crippen MR) is 159 cm³/mol. The number of benzene rings is 3. The van der Waals surface area contributed by atoms with Crippen molar-refractivity contribution in [2.75, 3.05) is 6.61 Å². The fourth-order valence-corrected chi connectivity index (χ4v) is 4.42. The number of nitrogens with one attached hydrogen (secondary N) is 2. The molecule has 0 unspecified atom stereocenters. The molecular formula is C29H30BrCl2N3O4. The van der Waals surface area contributed by atoms with E-state index < -0.39 is 24.0 Å². The molecule has 0 fully saturated rings. The molecule has 0 aliphatic heterocycles. The molecule has 3 rings (SSSR count). The Balaban J connectivity index is 1.65. The lowest BCUT2D eigenvalue weighted by atomic mass is 10.1. The topological polar surface area (TPSA) is 89.0 Å². The van der Waals surface area contributed by atoms with Gasteiger partial charge >= 0.3 is 0 Å². The van der Waals surface area contributed by atoms with Gasteiger partial charge in [-0.25, -0.2) is 5.43 Å². The minimum absolute atomic E-state index is 0.262. The molecule has 3 aromatic rings. The maximum atomic E-state index is 13.1. The number of carbonyl (C=O) groups excluding carboxylic acids is 2. The summed E-state index contributed by atoms with van der Waals surface area (Å²) in [6.45, 7) is 4.32. The van der Waals surface area contributed by atoms with Crippen LogP contribution in [0.15, 0.2) is 76.3 Å². The summed E-state index contributed by atoms with van der Waals surface area (Å²) in [5.41, 5.74) is 4.16. The van der Waals surface area contributed by atoms with Crippen molar-refractivity contribution >= 4 is 57.2 Å². The fraction of sp³-hybridized carbons (Fsp3) is 0.276. The van der Waals surface area contributed by atoms with Crippen molar-refractivity contribution in [3.05, 3.63) is 92.4 Å². The SMILES string of the molecule is CCCCOc1ccc(/C=N\NC(=O)[C@H](Cc2ccccc2)NC(=O)[C@H](C)Oc2ccc(Cl)cc2Cl)cc1Br. The molecule has 0 aromatic heterocycles. The zero-order valence-corrected chi connectivity index (χ0v) is 24.7. The van der Waals surface area contributed by atoms with E-state index in [2.05, 4.69) is 38.7 Å². The molecule has 7 nitrogen and oxygen atoms in total. The lowest BCUT2D eigenvalue weighted by molar-refractivity contribution is -0.132. The average molecular weight is 635 g/mol. The molecule has 0 heterocycles. The number of hydrogen-bond donors (Lipinski definition) is 2. The van der Waals surface area contributed by atoms with Gasteiger partial charge in [0.25, 0.3) is 11.8 Å². The van der Waals surface area contributed by atoms with Crippen LogP contribution in [0.3, 0.4) is 0 Å². The molecule has 0 radical (unpaired) electrons. The first-order chi connectivity index (χ1) is 18.8. The van der Waals surface area contributed by atoms with E-state index in [1.807, 2.05) is 48.5 Å². The van der Waals surface area contributed by atoms with E-state index in [-0.39, 0.29) is 11.4 Å².